The zero-order valence-corrected chi connectivity index (χ0v) is 6.45. The van der Waals surface area contributed by atoms with Crippen LogP contribution >= 0.6 is 0 Å². The molecular weight excluding hydrogens is 225 g/mol. The van der Waals surface area contributed by atoms with Gasteiger partial charge in [-0.1, -0.05) is 0 Å². The first-order valence-corrected chi connectivity index (χ1v) is 3.17. The molecule has 0 amide bonds. The third kappa shape index (κ3) is 4.61. The van der Waals surface area contributed by atoms with E-state index in [4.69, 9.17) is 0 Å². The van der Waals surface area contributed by atoms with E-state index in [1.165, 1.54) is 0 Å². The van der Waals surface area contributed by atoms with Crippen molar-refractivity contribution in [2.75, 3.05) is 13.3 Å². The van der Waals surface area contributed by atoms with Gasteiger partial charge in [0.15, 0.2) is 0 Å². The van der Waals surface area contributed by atoms with Gasteiger partial charge in [-0.2, -0.15) is 26.3 Å². The number of halogens is 7. The number of hydrogen-bond acceptors (Lipinski definition) is 2. The third-order valence-electron chi connectivity index (χ3n) is 0.919. The average molecular weight is 230 g/mol. The first-order chi connectivity index (χ1) is 6.19. The number of alkyl halides is 7. The van der Waals surface area contributed by atoms with Crippen molar-refractivity contribution in [2.45, 2.75) is 18.5 Å². The molecule has 0 heterocycles. The maximum Gasteiger partial charge on any atom is 0.426 e. The molecule has 0 radical (unpaired) electrons. The van der Waals surface area contributed by atoms with Gasteiger partial charge in [0.25, 0.3) is 6.10 Å². The van der Waals surface area contributed by atoms with Crippen molar-refractivity contribution in [1.82, 2.24) is 0 Å². The first kappa shape index (κ1) is 13.4. The van der Waals surface area contributed by atoms with Crippen molar-refractivity contribution in [3.8, 4) is 0 Å². The van der Waals surface area contributed by atoms with Crippen LogP contribution in [0.3, 0.4) is 0 Å². The lowest BCUT2D eigenvalue weighted by atomic mass is 10.3. The van der Waals surface area contributed by atoms with Gasteiger partial charge in [0.05, 0.1) is 0 Å². The fraction of sp³-hybridized carbons (Fsp3) is 1.00. The zero-order valence-electron chi connectivity index (χ0n) is 6.45. The van der Waals surface area contributed by atoms with E-state index in [0.717, 1.165) is 0 Å². The molecular formula is C5H5F7O2. The molecule has 0 aromatic carbocycles. The van der Waals surface area contributed by atoms with E-state index >= 15 is 0 Å². The van der Waals surface area contributed by atoms with E-state index in [0.29, 0.717) is 0 Å². The van der Waals surface area contributed by atoms with Crippen molar-refractivity contribution in [3.63, 3.8) is 0 Å². The second-order valence-electron chi connectivity index (χ2n) is 2.07. The highest BCUT2D eigenvalue weighted by atomic mass is 19.4. The van der Waals surface area contributed by atoms with E-state index in [1.54, 1.807) is 0 Å². The minimum absolute atomic E-state index is 0.997. The van der Waals surface area contributed by atoms with Crippen LogP contribution in [-0.2, 0) is 9.78 Å². The highest BCUT2D eigenvalue weighted by Gasteiger charge is 2.59. The molecule has 0 fully saturated rings. The van der Waals surface area contributed by atoms with E-state index < -0.39 is 31.7 Å². The van der Waals surface area contributed by atoms with Gasteiger partial charge in [-0.15, -0.1) is 0 Å². The van der Waals surface area contributed by atoms with Crippen LogP contribution in [-0.4, -0.2) is 31.7 Å². The molecule has 2 nitrogen and oxygen atoms in total. The standard InChI is InChI=1S/C5H5F7O2/c6-1-2-13-14-3(4(7,8)9)5(10,11)12/h3H,1-2H2. The maximum absolute atomic E-state index is 11.6. The zero-order chi connectivity index (χ0) is 11.4. The Bertz CT molecular complexity index is 148. The van der Waals surface area contributed by atoms with Crippen LogP contribution in [0.15, 0.2) is 0 Å². The lowest BCUT2D eigenvalue weighted by molar-refractivity contribution is -0.432. The molecule has 0 saturated heterocycles. The largest absolute Gasteiger partial charge is 0.426 e. The van der Waals surface area contributed by atoms with Gasteiger partial charge in [0.1, 0.15) is 13.3 Å². The van der Waals surface area contributed by atoms with Gasteiger partial charge < -0.3 is 0 Å². The van der Waals surface area contributed by atoms with Gasteiger partial charge in [-0.05, 0) is 0 Å². The highest BCUT2D eigenvalue weighted by Crippen LogP contribution is 2.35. The second kappa shape index (κ2) is 4.78. The fourth-order valence-electron chi connectivity index (χ4n) is 0.442. The molecule has 0 aromatic rings. The molecule has 0 aliphatic heterocycles. The van der Waals surface area contributed by atoms with Crippen molar-refractivity contribution in [2.24, 2.45) is 0 Å². The van der Waals surface area contributed by atoms with Crippen LogP contribution in [0, 0.1) is 0 Å². The van der Waals surface area contributed by atoms with Gasteiger partial charge in [-0.3, -0.25) is 0 Å². The molecule has 0 rings (SSSR count). The molecule has 0 bridgehead atoms. The Labute approximate surface area is 73.5 Å². The lowest BCUT2D eigenvalue weighted by Gasteiger charge is -2.21. The minimum atomic E-state index is -5.64. The second-order valence-corrected chi connectivity index (χ2v) is 2.07. The molecule has 0 aliphatic carbocycles. The molecule has 0 aliphatic rings. The average Bonchev–Trinajstić information content (AvgIpc) is 1.92. The summed E-state index contributed by atoms with van der Waals surface area (Å²) < 4.78 is 81.0. The van der Waals surface area contributed by atoms with Gasteiger partial charge >= 0.3 is 12.4 Å². The molecule has 0 N–H and O–H groups in total. The van der Waals surface area contributed by atoms with Gasteiger partial charge in [0, 0.05) is 0 Å². The Morgan fingerprint density at radius 1 is 0.929 bits per heavy atom. The highest BCUT2D eigenvalue weighted by molar-refractivity contribution is 4.74. The Morgan fingerprint density at radius 3 is 1.64 bits per heavy atom. The molecule has 0 spiro atoms. The summed E-state index contributed by atoms with van der Waals surface area (Å²) in [5.74, 6) is 0. The van der Waals surface area contributed by atoms with Crippen LogP contribution in [0.25, 0.3) is 0 Å². The number of rotatable bonds is 4. The molecule has 0 unspecified atom stereocenters. The third-order valence-corrected chi connectivity index (χ3v) is 0.919. The Kier molecular flexibility index (Phi) is 4.59. The summed E-state index contributed by atoms with van der Waals surface area (Å²) in [5, 5.41) is 0. The van der Waals surface area contributed by atoms with E-state index in [-0.39, 0.29) is 0 Å². The summed E-state index contributed by atoms with van der Waals surface area (Å²) in [6, 6.07) is 0. The lowest BCUT2D eigenvalue weighted by Crippen LogP contribution is -2.44. The Hall–Kier alpha value is -0.570. The predicted octanol–water partition coefficient (Wildman–Crippen LogP) is 2.40. The summed E-state index contributed by atoms with van der Waals surface area (Å²) in [6.45, 7) is -2.24. The van der Waals surface area contributed by atoms with Gasteiger partial charge in [0.2, 0.25) is 0 Å². The van der Waals surface area contributed by atoms with Crippen molar-refractivity contribution < 1.29 is 40.5 Å². The van der Waals surface area contributed by atoms with E-state index in [1.807, 2.05) is 0 Å². The summed E-state index contributed by atoms with van der Waals surface area (Å²) in [4.78, 5) is 6.40. The normalized spacial score (nSPS) is 13.7. The van der Waals surface area contributed by atoms with Gasteiger partial charge in [-0.25, -0.2) is 14.2 Å². The monoisotopic (exact) mass is 230 g/mol. The van der Waals surface area contributed by atoms with Crippen molar-refractivity contribution >= 4 is 0 Å². The number of hydrogen-bond donors (Lipinski definition) is 0. The topological polar surface area (TPSA) is 18.5 Å². The smallest absolute Gasteiger partial charge is 0.248 e. The van der Waals surface area contributed by atoms with Crippen molar-refractivity contribution in [3.05, 3.63) is 0 Å². The van der Waals surface area contributed by atoms with E-state index in [2.05, 4.69) is 9.78 Å². The molecule has 14 heavy (non-hydrogen) atoms. The van der Waals surface area contributed by atoms with E-state index in [9.17, 15) is 30.7 Å². The quantitative estimate of drug-likeness (QED) is 0.319. The summed E-state index contributed by atoms with van der Waals surface area (Å²) in [5.41, 5.74) is 0. The molecule has 86 valence electrons. The van der Waals surface area contributed by atoms with Crippen LogP contribution < -0.4 is 0 Å². The summed E-state index contributed by atoms with van der Waals surface area (Å²) in [7, 11) is 0. The molecule has 0 saturated carbocycles. The van der Waals surface area contributed by atoms with Crippen LogP contribution in [0.2, 0.25) is 0 Å². The predicted molar refractivity (Wildman–Crippen MR) is 28.9 cm³/mol. The first-order valence-electron chi connectivity index (χ1n) is 3.17. The van der Waals surface area contributed by atoms with Crippen LogP contribution in [0.5, 0.6) is 0 Å². The molecule has 0 aromatic heterocycles. The Morgan fingerprint density at radius 2 is 1.36 bits per heavy atom. The summed E-state index contributed by atoms with van der Waals surface area (Å²) >= 11 is 0. The maximum atomic E-state index is 11.6. The van der Waals surface area contributed by atoms with Crippen LogP contribution in [0.1, 0.15) is 0 Å². The van der Waals surface area contributed by atoms with Crippen LogP contribution in [0.4, 0.5) is 30.7 Å². The molecule has 9 heteroatoms. The minimum Gasteiger partial charge on any atom is -0.248 e. The summed E-state index contributed by atoms with van der Waals surface area (Å²) in [6.07, 6.45) is -15.3. The fourth-order valence-corrected chi connectivity index (χ4v) is 0.442. The van der Waals surface area contributed by atoms with Crippen molar-refractivity contribution in [1.29, 1.82) is 0 Å². The Balaban J connectivity index is 4.28. The molecule has 0 atom stereocenters. The SMILES string of the molecule is FCCOOC(C(F)(F)F)C(F)(F)F.